The molecule has 2 rings (SSSR count). The normalized spacial score (nSPS) is 15.3. The highest BCUT2D eigenvalue weighted by atomic mass is 35.5. The standard InChI is InChI=1S/C15H21N3O2.ClH/c1-3-18-14(19)12(9-16)11(2)13(15(18)20)10-17-7-5-4-6-8-17;/h20H,3-8,10H2,1-2H3;1H. The number of nitrogens with zero attached hydrogens (tertiary/aromatic N) is 3. The average molecular weight is 312 g/mol. The van der Waals surface area contributed by atoms with Gasteiger partial charge in [0, 0.05) is 18.7 Å². The maximum absolute atomic E-state index is 12.1. The molecule has 1 saturated heterocycles. The maximum atomic E-state index is 12.1. The molecule has 1 aliphatic rings. The van der Waals surface area contributed by atoms with Crippen LogP contribution in [0.4, 0.5) is 0 Å². The number of halogens is 1. The molecule has 0 amide bonds. The maximum Gasteiger partial charge on any atom is 0.271 e. The highest BCUT2D eigenvalue weighted by molar-refractivity contribution is 5.85. The van der Waals surface area contributed by atoms with E-state index in [0.717, 1.165) is 13.1 Å². The van der Waals surface area contributed by atoms with E-state index in [2.05, 4.69) is 4.90 Å². The lowest BCUT2D eigenvalue weighted by Gasteiger charge is -2.27. The third-order valence-corrected chi connectivity index (χ3v) is 4.07. The summed E-state index contributed by atoms with van der Waals surface area (Å²) in [4.78, 5) is 14.4. The lowest BCUT2D eigenvalue weighted by Crippen LogP contribution is -2.31. The van der Waals surface area contributed by atoms with E-state index in [1.165, 1.54) is 23.8 Å². The molecule has 2 heterocycles. The van der Waals surface area contributed by atoms with Gasteiger partial charge in [0.25, 0.3) is 5.56 Å². The molecule has 1 aliphatic heterocycles. The summed E-state index contributed by atoms with van der Waals surface area (Å²) < 4.78 is 1.28. The highest BCUT2D eigenvalue weighted by Gasteiger charge is 2.20. The Balaban J connectivity index is 0.00000220. The van der Waals surface area contributed by atoms with Gasteiger partial charge in [0.15, 0.2) is 5.88 Å². The molecule has 0 saturated carbocycles. The minimum absolute atomic E-state index is 0. The molecular formula is C15H22ClN3O2. The number of hydrogen-bond donors (Lipinski definition) is 1. The Morgan fingerprint density at radius 2 is 1.90 bits per heavy atom. The lowest BCUT2D eigenvalue weighted by molar-refractivity contribution is 0.216. The Hall–Kier alpha value is -1.51. The fourth-order valence-corrected chi connectivity index (χ4v) is 2.83. The summed E-state index contributed by atoms with van der Waals surface area (Å²) in [7, 11) is 0. The molecular weight excluding hydrogens is 290 g/mol. The van der Waals surface area contributed by atoms with Gasteiger partial charge in [-0.3, -0.25) is 14.3 Å². The predicted molar refractivity (Wildman–Crippen MR) is 83.9 cm³/mol. The summed E-state index contributed by atoms with van der Waals surface area (Å²) in [5, 5.41) is 19.5. The van der Waals surface area contributed by atoms with Gasteiger partial charge in [0.05, 0.1) is 0 Å². The minimum Gasteiger partial charge on any atom is -0.494 e. The average Bonchev–Trinajstić information content (AvgIpc) is 2.46. The van der Waals surface area contributed by atoms with E-state index in [-0.39, 0.29) is 23.9 Å². The zero-order chi connectivity index (χ0) is 14.7. The minimum atomic E-state index is -0.396. The number of aromatic hydroxyl groups is 1. The second-order valence-corrected chi connectivity index (χ2v) is 5.30. The summed E-state index contributed by atoms with van der Waals surface area (Å²) in [6, 6.07) is 1.98. The van der Waals surface area contributed by atoms with Crippen LogP contribution in [0.5, 0.6) is 5.88 Å². The van der Waals surface area contributed by atoms with Crippen molar-refractivity contribution in [3.8, 4) is 11.9 Å². The molecule has 116 valence electrons. The van der Waals surface area contributed by atoms with E-state index in [1.807, 2.05) is 6.07 Å². The highest BCUT2D eigenvalue weighted by Crippen LogP contribution is 2.24. The van der Waals surface area contributed by atoms with Crippen molar-refractivity contribution in [3.63, 3.8) is 0 Å². The molecule has 1 N–H and O–H groups in total. The topological polar surface area (TPSA) is 69.3 Å². The molecule has 0 unspecified atom stereocenters. The summed E-state index contributed by atoms with van der Waals surface area (Å²) in [6.07, 6.45) is 3.58. The van der Waals surface area contributed by atoms with Gasteiger partial charge in [-0.15, -0.1) is 12.4 Å². The SMILES string of the molecule is CCn1c(O)c(CN2CCCCC2)c(C)c(C#N)c1=O.Cl. The summed E-state index contributed by atoms with van der Waals surface area (Å²) >= 11 is 0. The lowest BCUT2D eigenvalue weighted by atomic mass is 10.0. The zero-order valence-corrected chi connectivity index (χ0v) is 13.4. The van der Waals surface area contributed by atoms with Crippen LogP contribution >= 0.6 is 12.4 Å². The van der Waals surface area contributed by atoms with Crippen LogP contribution in [-0.4, -0.2) is 27.7 Å². The smallest absolute Gasteiger partial charge is 0.271 e. The van der Waals surface area contributed by atoms with E-state index >= 15 is 0 Å². The molecule has 0 aromatic carbocycles. The van der Waals surface area contributed by atoms with Crippen molar-refractivity contribution < 1.29 is 5.11 Å². The first kappa shape index (κ1) is 17.5. The number of likely N-dealkylation sites (tertiary alicyclic amines) is 1. The second kappa shape index (κ2) is 7.48. The summed E-state index contributed by atoms with van der Waals surface area (Å²) in [6.45, 7) is 6.53. The van der Waals surface area contributed by atoms with Gasteiger partial charge in [-0.25, -0.2) is 0 Å². The number of piperidine rings is 1. The molecule has 6 heteroatoms. The van der Waals surface area contributed by atoms with Crippen molar-refractivity contribution in [2.45, 2.75) is 46.2 Å². The number of rotatable bonds is 3. The van der Waals surface area contributed by atoms with Gasteiger partial charge in [-0.1, -0.05) is 6.42 Å². The Morgan fingerprint density at radius 3 is 2.43 bits per heavy atom. The van der Waals surface area contributed by atoms with Gasteiger partial charge in [-0.2, -0.15) is 5.26 Å². The van der Waals surface area contributed by atoms with E-state index in [9.17, 15) is 15.2 Å². The Labute approximate surface area is 131 Å². The Morgan fingerprint density at radius 1 is 1.29 bits per heavy atom. The van der Waals surface area contributed by atoms with E-state index in [4.69, 9.17) is 0 Å². The largest absolute Gasteiger partial charge is 0.494 e. The van der Waals surface area contributed by atoms with E-state index in [0.29, 0.717) is 24.2 Å². The van der Waals surface area contributed by atoms with Crippen molar-refractivity contribution in [1.82, 2.24) is 9.47 Å². The molecule has 0 atom stereocenters. The molecule has 0 bridgehead atoms. The van der Waals surface area contributed by atoms with Gasteiger partial charge < -0.3 is 5.11 Å². The molecule has 0 spiro atoms. The van der Waals surface area contributed by atoms with Gasteiger partial charge in [-0.05, 0) is 45.3 Å². The van der Waals surface area contributed by atoms with Gasteiger partial charge in [0.2, 0.25) is 0 Å². The van der Waals surface area contributed by atoms with Crippen molar-refractivity contribution in [3.05, 3.63) is 27.0 Å². The van der Waals surface area contributed by atoms with Crippen LogP contribution in [0.1, 0.15) is 42.9 Å². The monoisotopic (exact) mass is 311 g/mol. The quantitative estimate of drug-likeness (QED) is 0.928. The number of aromatic nitrogens is 1. The Kier molecular flexibility index (Phi) is 6.25. The second-order valence-electron chi connectivity index (χ2n) is 5.30. The van der Waals surface area contributed by atoms with Crippen LogP contribution in [0, 0.1) is 18.3 Å². The number of nitriles is 1. The van der Waals surface area contributed by atoms with E-state index < -0.39 is 5.56 Å². The summed E-state index contributed by atoms with van der Waals surface area (Å²) in [5.41, 5.74) is 1.08. The molecule has 5 nitrogen and oxygen atoms in total. The third kappa shape index (κ3) is 3.39. The first-order valence-corrected chi connectivity index (χ1v) is 7.17. The van der Waals surface area contributed by atoms with Crippen LogP contribution in [0.15, 0.2) is 4.79 Å². The number of pyridine rings is 1. The molecule has 0 radical (unpaired) electrons. The Bertz CT molecular complexity index is 598. The molecule has 1 fully saturated rings. The third-order valence-electron chi connectivity index (χ3n) is 4.07. The first-order valence-electron chi connectivity index (χ1n) is 7.17. The van der Waals surface area contributed by atoms with Crippen LogP contribution in [0.2, 0.25) is 0 Å². The van der Waals surface area contributed by atoms with Crippen LogP contribution in [0.3, 0.4) is 0 Å². The molecule has 0 aliphatic carbocycles. The van der Waals surface area contributed by atoms with Crippen molar-refractivity contribution >= 4 is 12.4 Å². The summed E-state index contributed by atoms with van der Waals surface area (Å²) in [5.74, 6) is 0.0135. The molecule has 1 aromatic heterocycles. The fourth-order valence-electron chi connectivity index (χ4n) is 2.83. The van der Waals surface area contributed by atoms with E-state index in [1.54, 1.807) is 13.8 Å². The van der Waals surface area contributed by atoms with Crippen molar-refractivity contribution in [2.75, 3.05) is 13.1 Å². The number of hydrogen-bond acceptors (Lipinski definition) is 4. The van der Waals surface area contributed by atoms with Crippen molar-refractivity contribution in [1.29, 1.82) is 5.26 Å². The fraction of sp³-hybridized carbons (Fsp3) is 0.600. The first-order chi connectivity index (χ1) is 9.60. The van der Waals surface area contributed by atoms with Gasteiger partial charge in [0.1, 0.15) is 11.6 Å². The zero-order valence-electron chi connectivity index (χ0n) is 12.6. The van der Waals surface area contributed by atoms with Gasteiger partial charge >= 0.3 is 0 Å². The van der Waals surface area contributed by atoms with Crippen LogP contribution in [-0.2, 0) is 13.1 Å². The van der Waals surface area contributed by atoms with Crippen LogP contribution < -0.4 is 5.56 Å². The predicted octanol–water partition coefficient (Wildman–Crippen LogP) is 2.16. The van der Waals surface area contributed by atoms with Crippen molar-refractivity contribution in [2.24, 2.45) is 0 Å². The molecule has 1 aromatic rings. The molecule has 21 heavy (non-hydrogen) atoms. The van der Waals surface area contributed by atoms with Crippen LogP contribution in [0.25, 0.3) is 0 Å².